The maximum Gasteiger partial charge on any atom is 0.294 e. The van der Waals surface area contributed by atoms with E-state index >= 15 is 0 Å². The predicted molar refractivity (Wildman–Crippen MR) is 122 cm³/mol. The maximum absolute atomic E-state index is 11.5. The van der Waals surface area contributed by atoms with Crippen LogP contribution < -0.4 is 11.1 Å². The van der Waals surface area contributed by atoms with E-state index in [4.69, 9.17) is 5.73 Å². The number of aromatic nitrogens is 3. The number of phenolic OH excluding ortho intramolecular Hbond substituents is 1. The monoisotopic (exact) mass is 553 g/mol. The van der Waals surface area contributed by atoms with Gasteiger partial charge in [0, 0.05) is 56.6 Å². The molecule has 0 amide bonds. The standard InChI is InChI=1S/C21H18N7O4S.Y/c1-11-7-13-8-16(33(30,31)32)9-17(29)18(13)20(19(11)22)28-27-15-5-3-14(4-6-15)26-21-24-10-23-12(2)25-21;/h3-9,29H,22H2,1-2H3,(H,30,31,32)(H,23,24,25,26);/q-1;. The van der Waals surface area contributed by atoms with Gasteiger partial charge in [-0.2, -0.15) is 13.5 Å². The summed E-state index contributed by atoms with van der Waals surface area (Å²) in [5.74, 6) is 0.494. The van der Waals surface area contributed by atoms with Crippen molar-refractivity contribution < 1.29 is 50.8 Å². The quantitative estimate of drug-likeness (QED) is 0.122. The molecule has 0 fully saturated rings. The third kappa shape index (κ3) is 5.53. The van der Waals surface area contributed by atoms with Gasteiger partial charge in [0.25, 0.3) is 10.1 Å². The molecule has 0 aliphatic rings. The number of nitrogens with zero attached hydrogens (tertiary/aromatic N) is 5. The van der Waals surface area contributed by atoms with E-state index in [1.807, 2.05) is 0 Å². The summed E-state index contributed by atoms with van der Waals surface area (Å²) in [6.45, 7) is 3.45. The SMILES string of the molecule is Cc1n[c-]nc(Nc2ccc(N=Nc3c(N)c(C)cc4cc(S(=O)(=O)O)cc(O)c34)cc2)n1.[Y]. The topological polar surface area (TPSA) is 176 Å². The van der Waals surface area contributed by atoms with E-state index in [1.165, 1.54) is 6.07 Å². The van der Waals surface area contributed by atoms with E-state index < -0.39 is 20.8 Å². The molecule has 0 saturated heterocycles. The summed E-state index contributed by atoms with van der Waals surface area (Å²) in [6, 6.07) is 10.7. The Balaban J connectivity index is 0.00000324. The molecule has 1 radical (unpaired) electrons. The second-order valence-corrected chi connectivity index (χ2v) is 8.57. The number of aromatic hydroxyl groups is 1. The summed E-state index contributed by atoms with van der Waals surface area (Å²) in [5.41, 5.74) is 8.44. The van der Waals surface area contributed by atoms with Crippen LogP contribution in [0.25, 0.3) is 10.8 Å². The summed E-state index contributed by atoms with van der Waals surface area (Å²) in [7, 11) is -4.50. The molecule has 171 valence electrons. The van der Waals surface area contributed by atoms with Crippen LogP contribution in [-0.4, -0.2) is 33.0 Å². The molecule has 1 aromatic heterocycles. The Hall–Kier alpha value is -3.06. The van der Waals surface area contributed by atoms with E-state index in [0.29, 0.717) is 34.1 Å². The van der Waals surface area contributed by atoms with Crippen LogP contribution in [0.5, 0.6) is 5.75 Å². The van der Waals surface area contributed by atoms with Gasteiger partial charge < -0.3 is 31.1 Å². The van der Waals surface area contributed by atoms with Crippen molar-refractivity contribution in [1.82, 2.24) is 15.0 Å². The average Bonchev–Trinajstić information content (AvgIpc) is 2.74. The minimum absolute atomic E-state index is 0. The number of fused-ring (bicyclic) bond motifs is 1. The molecule has 1 heterocycles. The summed E-state index contributed by atoms with van der Waals surface area (Å²) >= 11 is 0. The molecule has 0 spiro atoms. The van der Waals surface area contributed by atoms with Gasteiger partial charge in [0.1, 0.15) is 17.4 Å². The molecular weight excluding hydrogens is 535 g/mol. The molecule has 0 atom stereocenters. The zero-order valence-corrected chi connectivity index (χ0v) is 21.7. The van der Waals surface area contributed by atoms with Crippen LogP contribution in [0.2, 0.25) is 0 Å². The molecular formula is C21H18N7O4SY-. The van der Waals surface area contributed by atoms with Crippen molar-refractivity contribution in [3.63, 3.8) is 0 Å². The molecule has 11 nitrogen and oxygen atoms in total. The van der Waals surface area contributed by atoms with Crippen molar-refractivity contribution in [1.29, 1.82) is 0 Å². The molecule has 0 unspecified atom stereocenters. The van der Waals surface area contributed by atoms with E-state index in [0.717, 1.165) is 6.07 Å². The van der Waals surface area contributed by atoms with Crippen LogP contribution in [0, 0.1) is 20.2 Å². The summed E-state index contributed by atoms with van der Waals surface area (Å²) in [4.78, 5) is 11.4. The summed E-state index contributed by atoms with van der Waals surface area (Å²) < 4.78 is 32.3. The van der Waals surface area contributed by atoms with Gasteiger partial charge in [0.15, 0.2) is 0 Å². The first kappa shape index (κ1) is 25.6. The fourth-order valence-corrected chi connectivity index (χ4v) is 3.67. The Morgan fingerprint density at radius 1 is 1.06 bits per heavy atom. The molecule has 34 heavy (non-hydrogen) atoms. The molecule has 13 heteroatoms. The zero-order valence-electron chi connectivity index (χ0n) is 18.1. The van der Waals surface area contributed by atoms with Gasteiger partial charge in [-0.3, -0.25) is 4.55 Å². The van der Waals surface area contributed by atoms with Gasteiger partial charge in [-0.25, -0.2) is 0 Å². The zero-order chi connectivity index (χ0) is 23.8. The first-order chi connectivity index (χ1) is 15.6. The normalized spacial score (nSPS) is 11.5. The predicted octanol–water partition coefficient (Wildman–Crippen LogP) is 4.13. The Bertz CT molecular complexity index is 1510. The Morgan fingerprint density at radius 3 is 2.41 bits per heavy atom. The maximum atomic E-state index is 11.5. The molecule has 4 rings (SSSR count). The van der Waals surface area contributed by atoms with Crippen LogP contribution in [0.15, 0.2) is 57.6 Å². The van der Waals surface area contributed by atoms with E-state index in [1.54, 1.807) is 44.2 Å². The van der Waals surface area contributed by atoms with Crippen LogP contribution in [-0.2, 0) is 42.8 Å². The van der Waals surface area contributed by atoms with Crippen LogP contribution in [0.3, 0.4) is 0 Å². The van der Waals surface area contributed by atoms with Gasteiger partial charge in [0.05, 0.1) is 21.7 Å². The summed E-state index contributed by atoms with van der Waals surface area (Å²) in [6.07, 6.45) is 2.50. The number of hydrogen-bond donors (Lipinski definition) is 4. The number of rotatable bonds is 5. The Kier molecular flexibility index (Phi) is 7.56. The molecule has 0 aliphatic heterocycles. The largest absolute Gasteiger partial charge is 0.507 e. The van der Waals surface area contributed by atoms with Gasteiger partial charge in [-0.05, 0) is 54.3 Å². The Labute approximate surface area is 220 Å². The van der Waals surface area contributed by atoms with E-state index in [2.05, 4.69) is 36.8 Å². The van der Waals surface area contributed by atoms with Crippen molar-refractivity contribution in [2.45, 2.75) is 18.7 Å². The summed E-state index contributed by atoms with van der Waals surface area (Å²) in [5, 5.41) is 22.4. The van der Waals surface area contributed by atoms with Crippen molar-refractivity contribution in [2.24, 2.45) is 10.2 Å². The first-order valence-electron chi connectivity index (χ1n) is 9.52. The third-order valence-corrected chi connectivity index (χ3v) is 5.56. The van der Waals surface area contributed by atoms with Gasteiger partial charge in [-0.1, -0.05) is 6.92 Å². The smallest absolute Gasteiger partial charge is 0.294 e. The minimum Gasteiger partial charge on any atom is -0.507 e. The number of benzene rings is 3. The molecule has 3 aromatic carbocycles. The van der Waals surface area contributed by atoms with E-state index in [9.17, 15) is 18.1 Å². The van der Waals surface area contributed by atoms with Gasteiger partial charge in [0.2, 0.25) is 0 Å². The van der Waals surface area contributed by atoms with Crippen molar-refractivity contribution in [3.8, 4) is 5.75 Å². The van der Waals surface area contributed by atoms with Crippen LogP contribution >= 0.6 is 0 Å². The number of azo groups is 1. The molecule has 0 saturated carbocycles. The number of aryl methyl sites for hydroxylation is 2. The first-order valence-corrected chi connectivity index (χ1v) is 11.0. The Morgan fingerprint density at radius 2 is 1.76 bits per heavy atom. The van der Waals surface area contributed by atoms with Crippen LogP contribution in [0.1, 0.15) is 11.4 Å². The van der Waals surface area contributed by atoms with E-state index in [-0.39, 0.29) is 49.5 Å². The van der Waals surface area contributed by atoms with Crippen LogP contribution in [0.4, 0.5) is 28.7 Å². The fraction of sp³-hybridized carbons (Fsp3) is 0.0952. The molecule has 0 aliphatic carbocycles. The number of phenols is 1. The third-order valence-electron chi connectivity index (χ3n) is 4.73. The number of nitrogens with one attached hydrogen (secondary N) is 1. The molecule has 5 N–H and O–H groups in total. The number of hydrogen-bond acceptors (Lipinski definition) is 10. The molecule has 0 bridgehead atoms. The van der Waals surface area contributed by atoms with Crippen molar-refractivity contribution >= 4 is 49.6 Å². The van der Waals surface area contributed by atoms with Gasteiger partial charge in [-0.15, -0.1) is 5.11 Å². The van der Waals surface area contributed by atoms with Crippen molar-refractivity contribution in [3.05, 3.63) is 60.2 Å². The second-order valence-electron chi connectivity index (χ2n) is 7.15. The van der Waals surface area contributed by atoms with Gasteiger partial charge >= 0.3 is 0 Å². The second kappa shape index (κ2) is 10.1. The molecule has 4 aromatic rings. The fourth-order valence-electron chi connectivity index (χ4n) is 3.13. The number of nitrogens with two attached hydrogens (primary N) is 1. The number of anilines is 3. The number of nitrogen functional groups attached to an aromatic ring is 1. The minimum atomic E-state index is -4.50. The van der Waals surface area contributed by atoms with Crippen molar-refractivity contribution in [2.75, 3.05) is 11.1 Å². The average molecular weight is 553 g/mol.